The van der Waals surface area contributed by atoms with Gasteiger partial charge in [-0.1, -0.05) is 30.3 Å². The van der Waals surface area contributed by atoms with E-state index in [4.69, 9.17) is 5.73 Å². The lowest BCUT2D eigenvalue weighted by Gasteiger charge is -2.18. The van der Waals surface area contributed by atoms with E-state index in [1.165, 1.54) is 12.1 Å². The third kappa shape index (κ3) is 3.16. The second-order valence-electron chi connectivity index (χ2n) is 4.34. The first-order chi connectivity index (χ1) is 9.43. The summed E-state index contributed by atoms with van der Waals surface area (Å²) >= 11 is 1.57. The van der Waals surface area contributed by atoms with Crippen LogP contribution in [0.1, 0.15) is 22.7 Å². The van der Waals surface area contributed by atoms with Crippen molar-refractivity contribution in [1.29, 1.82) is 0 Å². The molecule has 1 atom stereocenters. The molecule has 0 aliphatic rings. The Bertz CT molecular complexity index is 578. The van der Waals surface area contributed by atoms with E-state index in [1.54, 1.807) is 30.0 Å². The summed E-state index contributed by atoms with van der Waals surface area (Å²) in [7, 11) is 0. The first-order valence-electron chi connectivity index (χ1n) is 5.99. The summed E-state index contributed by atoms with van der Waals surface area (Å²) in [5.41, 5.74) is 6.08. The van der Waals surface area contributed by atoms with E-state index in [0.717, 1.165) is 11.0 Å². The zero-order valence-electron chi connectivity index (χ0n) is 10.8. The quantitative estimate of drug-likeness (QED) is 0.846. The lowest BCUT2D eigenvalue weighted by Crippen LogP contribution is -2.18. The fraction of sp³-hybridized carbons (Fsp3) is 0.200. The van der Waals surface area contributed by atoms with Crippen LogP contribution in [0.5, 0.6) is 0 Å². The summed E-state index contributed by atoms with van der Waals surface area (Å²) in [5.74, 6) is 0. The Morgan fingerprint density at radius 2 is 1.60 bits per heavy atom. The van der Waals surface area contributed by atoms with Crippen LogP contribution in [0.2, 0.25) is 0 Å². The number of alkyl halides is 3. The van der Waals surface area contributed by atoms with E-state index in [-0.39, 0.29) is 5.56 Å². The maximum atomic E-state index is 13.0. The second kappa shape index (κ2) is 5.89. The summed E-state index contributed by atoms with van der Waals surface area (Å²) in [4.78, 5) is 1.05. The first-order valence-corrected chi connectivity index (χ1v) is 7.21. The summed E-state index contributed by atoms with van der Waals surface area (Å²) in [6.07, 6.45) is -2.46. The molecule has 1 nitrogen and oxygen atoms in total. The van der Waals surface area contributed by atoms with Crippen molar-refractivity contribution in [2.45, 2.75) is 17.1 Å². The van der Waals surface area contributed by atoms with E-state index in [1.807, 2.05) is 18.4 Å². The van der Waals surface area contributed by atoms with Gasteiger partial charge in [-0.15, -0.1) is 11.8 Å². The standard InChI is InChI=1S/C15H14F3NS/c1-20-11-8-6-10(7-9-11)14(19)12-4-2-3-5-13(12)15(16,17)18/h2-9,14H,19H2,1H3. The Labute approximate surface area is 120 Å². The molecule has 20 heavy (non-hydrogen) atoms. The number of halogens is 3. The molecular weight excluding hydrogens is 283 g/mol. The van der Waals surface area contributed by atoms with Crippen molar-refractivity contribution in [1.82, 2.24) is 0 Å². The minimum Gasteiger partial charge on any atom is -0.320 e. The van der Waals surface area contributed by atoms with Crippen molar-refractivity contribution in [3.8, 4) is 0 Å². The van der Waals surface area contributed by atoms with E-state index < -0.39 is 17.8 Å². The highest BCUT2D eigenvalue weighted by Crippen LogP contribution is 2.35. The van der Waals surface area contributed by atoms with E-state index in [0.29, 0.717) is 5.56 Å². The topological polar surface area (TPSA) is 26.0 Å². The van der Waals surface area contributed by atoms with Crippen molar-refractivity contribution in [3.05, 3.63) is 65.2 Å². The molecule has 106 valence electrons. The predicted molar refractivity (Wildman–Crippen MR) is 75.7 cm³/mol. The Hall–Kier alpha value is -1.46. The third-order valence-electron chi connectivity index (χ3n) is 3.08. The highest BCUT2D eigenvalue weighted by Gasteiger charge is 2.34. The molecule has 0 aliphatic carbocycles. The van der Waals surface area contributed by atoms with Gasteiger partial charge in [0.05, 0.1) is 11.6 Å². The molecule has 0 heterocycles. The van der Waals surface area contributed by atoms with E-state index in [9.17, 15) is 13.2 Å². The number of thioether (sulfide) groups is 1. The Morgan fingerprint density at radius 1 is 1.00 bits per heavy atom. The number of nitrogens with two attached hydrogens (primary N) is 1. The molecular formula is C15H14F3NS. The molecule has 2 aromatic carbocycles. The Kier molecular flexibility index (Phi) is 4.40. The zero-order chi connectivity index (χ0) is 14.8. The second-order valence-corrected chi connectivity index (χ2v) is 5.22. The van der Waals surface area contributed by atoms with Crippen LogP contribution in [-0.4, -0.2) is 6.26 Å². The van der Waals surface area contributed by atoms with Crippen molar-refractivity contribution in [2.24, 2.45) is 5.73 Å². The minimum absolute atomic E-state index is 0.0944. The van der Waals surface area contributed by atoms with Gasteiger partial charge >= 0.3 is 6.18 Å². The zero-order valence-corrected chi connectivity index (χ0v) is 11.6. The molecule has 2 rings (SSSR count). The van der Waals surface area contributed by atoms with Crippen LogP contribution in [0.3, 0.4) is 0 Å². The fourth-order valence-electron chi connectivity index (χ4n) is 2.02. The summed E-state index contributed by atoms with van der Waals surface area (Å²) < 4.78 is 39.0. The molecule has 0 spiro atoms. The predicted octanol–water partition coefficient (Wildman–Crippen LogP) is 4.48. The summed E-state index contributed by atoms with van der Waals surface area (Å²) in [6.45, 7) is 0. The van der Waals surface area contributed by atoms with Crippen LogP contribution >= 0.6 is 11.8 Å². The Balaban J connectivity index is 2.40. The SMILES string of the molecule is CSc1ccc(C(N)c2ccccc2C(F)(F)F)cc1. The molecule has 0 fully saturated rings. The molecule has 1 unspecified atom stereocenters. The van der Waals surface area contributed by atoms with Crippen molar-refractivity contribution < 1.29 is 13.2 Å². The van der Waals surface area contributed by atoms with Gasteiger partial charge in [-0.2, -0.15) is 13.2 Å². The van der Waals surface area contributed by atoms with Crippen LogP contribution in [0, 0.1) is 0 Å². The van der Waals surface area contributed by atoms with Crippen LogP contribution < -0.4 is 5.73 Å². The molecule has 0 aliphatic heterocycles. The number of rotatable bonds is 3. The largest absolute Gasteiger partial charge is 0.416 e. The highest BCUT2D eigenvalue weighted by atomic mass is 32.2. The van der Waals surface area contributed by atoms with Crippen molar-refractivity contribution >= 4 is 11.8 Å². The Morgan fingerprint density at radius 3 is 2.15 bits per heavy atom. The van der Waals surface area contributed by atoms with Crippen LogP contribution in [0.25, 0.3) is 0 Å². The van der Waals surface area contributed by atoms with Crippen LogP contribution in [0.15, 0.2) is 53.4 Å². The molecule has 0 amide bonds. The van der Waals surface area contributed by atoms with Gasteiger partial charge in [0.1, 0.15) is 0 Å². The van der Waals surface area contributed by atoms with Gasteiger partial charge < -0.3 is 5.73 Å². The van der Waals surface area contributed by atoms with Gasteiger partial charge in [0, 0.05) is 4.90 Å². The van der Waals surface area contributed by atoms with E-state index in [2.05, 4.69) is 0 Å². The van der Waals surface area contributed by atoms with E-state index >= 15 is 0 Å². The van der Waals surface area contributed by atoms with Gasteiger partial charge in [0.25, 0.3) is 0 Å². The molecule has 0 saturated heterocycles. The third-order valence-corrected chi connectivity index (χ3v) is 3.82. The normalized spacial score (nSPS) is 13.2. The molecule has 0 radical (unpaired) electrons. The average molecular weight is 297 g/mol. The average Bonchev–Trinajstić information content (AvgIpc) is 2.46. The smallest absolute Gasteiger partial charge is 0.320 e. The summed E-state index contributed by atoms with van der Waals surface area (Å²) in [6, 6.07) is 11.9. The lowest BCUT2D eigenvalue weighted by atomic mass is 9.95. The van der Waals surface area contributed by atoms with Crippen molar-refractivity contribution in [2.75, 3.05) is 6.26 Å². The molecule has 0 saturated carbocycles. The van der Waals surface area contributed by atoms with Crippen LogP contribution in [0.4, 0.5) is 13.2 Å². The summed E-state index contributed by atoms with van der Waals surface area (Å²) in [5, 5.41) is 0. The maximum absolute atomic E-state index is 13.0. The number of benzene rings is 2. The first kappa shape index (κ1) is 14.9. The maximum Gasteiger partial charge on any atom is 0.416 e. The monoisotopic (exact) mass is 297 g/mol. The van der Waals surface area contributed by atoms with Gasteiger partial charge in [-0.25, -0.2) is 0 Å². The number of hydrogen-bond acceptors (Lipinski definition) is 2. The molecule has 5 heteroatoms. The molecule has 0 aromatic heterocycles. The van der Waals surface area contributed by atoms with Gasteiger partial charge in [-0.05, 0) is 35.6 Å². The molecule has 2 N–H and O–H groups in total. The van der Waals surface area contributed by atoms with Crippen molar-refractivity contribution in [3.63, 3.8) is 0 Å². The van der Waals surface area contributed by atoms with Gasteiger partial charge in [0.2, 0.25) is 0 Å². The van der Waals surface area contributed by atoms with Gasteiger partial charge in [-0.3, -0.25) is 0 Å². The highest BCUT2D eigenvalue weighted by molar-refractivity contribution is 7.98. The minimum atomic E-state index is -4.40. The lowest BCUT2D eigenvalue weighted by molar-refractivity contribution is -0.138. The molecule has 2 aromatic rings. The fourth-order valence-corrected chi connectivity index (χ4v) is 2.43. The van der Waals surface area contributed by atoms with Gasteiger partial charge in [0.15, 0.2) is 0 Å². The van der Waals surface area contributed by atoms with Crippen LogP contribution in [-0.2, 0) is 6.18 Å². The molecule has 0 bridgehead atoms. The number of hydrogen-bond donors (Lipinski definition) is 1.